The van der Waals surface area contributed by atoms with Crippen molar-refractivity contribution in [3.63, 3.8) is 0 Å². The average molecular weight is 373 g/mol. The van der Waals surface area contributed by atoms with Crippen molar-refractivity contribution in [3.8, 4) is 5.75 Å². The molecule has 2 aromatic rings. The maximum absolute atomic E-state index is 13.4. The number of halogens is 1. The maximum atomic E-state index is 13.4. The van der Waals surface area contributed by atoms with E-state index in [0.717, 1.165) is 12.1 Å². The SMILES string of the molecule is COc1cccc(N2C[C@@H](C(=O)Nc3ccc(F)c([N+](=O)[O-])c3)CC2=O)c1. The molecular weight excluding hydrogens is 357 g/mol. The molecule has 1 N–H and O–H groups in total. The highest BCUT2D eigenvalue weighted by molar-refractivity contribution is 6.03. The summed E-state index contributed by atoms with van der Waals surface area (Å²) in [4.78, 5) is 36.2. The molecule has 8 nitrogen and oxygen atoms in total. The van der Waals surface area contributed by atoms with Crippen LogP contribution in [0.3, 0.4) is 0 Å². The van der Waals surface area contributed by atoms with E-state index >= 15 is 0 Å². The summed E-state index contributed by atoms with van der Waals surface area (Å²) in [5.74, 6) is -1.71. The number of ether oxygens (including phenoxy) is 1. The molecule has 140 valence electrons. The van der Waals surface area contributed by atoms with Crippen molar-refractivity contribution < 1.29 is 23.6 Å². The standard InChI is InChI=1S/C18H16FN3O5/c1-27-14-4-2-3-13(9-14)21-10-11(7-17(21)23)18(24)20-12-5-6-15(19)16(8-12)22(25)26/h2-6,8-9,11H,7,10H2,1H3,(H,20,24)/t11-/m0/s1. The van der Waals surface area contributed by atoms with Crippen LogP contribution in [-0.4, -0.2) is 30.4 Å². The summed E-state index contributed by atoms with van der Waals surface area (Å²) in [6, 6.07) is 10.0. The van der Waals surface area contributed by atoms with E-state index in [1.165, 1.54) is 18.1 Å². The van der Waals surface area contributed by atoms with Gasteiger partial charge >= 0.3 is 5.69 Å². The number of nitro groups is 1. The Morgan fingerprint density at radius 2 is 2.11 bits per heavy atom. The third-order valence-corrected chi connectivity index (χ3v) is 4.27. The number of anilines is 2. The third kappa shape index (κ3) is 3.86. The summed E-state index contributed by atoms with van der Waals surface area (Å²) in [5.41, 5.74) is -0.0132. The van der Waals surface area contributed by atoms with E-state index in [0.29, 0.717) is 11.4 Å². The van der Waals surface area contributed by atoms with Crippen molar-refractivity contribution >= 4 is 28.9 Å². The molecule has 1 saturated heterocycles. The van der Waals surface area contributed by atoms with Crippen molar-refractivity contribution in [2.24, 2.45) is 5.92 Å². The molecule has 1 aliphatic heterocycles. The average Bonchev–Trinajstić information content (AvgIpc) is 3.05. The lowest BCUT2D eigenvalue weighted by atomic mass is 10.1. The number of carbonyl (C=O) groups is 2. The van der Waals surface area contributed by atoms with Gasteiger partial charge in [0.1, 0.15) is 5.75 Å². The third-order valence-electron chi connectivity index (χ3n) is 4.27. The number of rotatable bonds is 5. The Hall–Kier alpha value is -3.49. The second kappa shape index (κ2) is 7.40. The minimum atomic E-state index is -0.988. The topological polar surface area (TPSA) is 102 Å². The van der Waals surface area contributed by atoms with E-state index in [4.69, 9.17) is 4.74 Å². The van der Waals surface area contributed by atoms with E-state index < -0.39 is 28.3 Å². The normalized spacial score (nSPS) is 16.3. The van der Waals surface area contributed by atoms with Crippen molar-refractivity contribution in [2.75, 3.05) is 23.9 Å². The van der Waals surface area contributed by atoms with Crippen LogP contribution in [0.15, 0.2) is 42.5 Å². The summed E-state index contributed by atoms with van der Waals surface area (Å²) < 4.78 is 18.5. The molecule has 0 spiro atoms. The van der Waals surface area contributed by atoms with Crippen LogP contribution in [0.2, 0.25) is 0 Å². The molecule has 1 aliphatic rings. The molecule has 27 heavy (non-hydrogen) atoms. The molecule has 0 saturated carbocycles. The second-order valence-corrected chi connectivity index (χ2v) is 6.02. The minimum absolute atomic E-state index is 0.00628. The summed E-state index contributed by atoms with van der Waals surface area (Å²) in [6.07, 6.45) is 0.00628. The first-order valence-electron chi connectivity index (χ1n) is 8.08. The van der Waals surface area contributed by atoms with Gasteiger partial charge in [-0.1, -0.05) is 6.07 Å². The zero-order valence-corrected chi connectivity index (χ0v) is 14.3. The zero-order chi connectivity index (χ0) is 19.6. The van der Waals surface area contributed by atoms with Crippen LogP contribution < -0.4 is 15.0 Å². The van der Waals surface area contributed by atoms with Gasteiger partial charge in [0.05, 0.1) is 18.0 Å². The fourth-order valence-corrected chi connectivity index (χ4v) is 2.89. The van der Waals surface area contributed by atoms with Crippen LogP contribution in [-0.2, 0) is 9.59 Å². The Morgan fingerprint density at radius 1 is 1.33 bits per heavy atom. The molecule has 0 aromatic heterocycles. The van der Waals surface area contributed by atoms with Gasteiger partial charge in [-0.05, 0) is 24.3 Å². The number of nitro benzene ring substituents is 1. The number of amides is 2. The number of nitrogens with zero attached hydrogens (tertiary/aromatic N) is 2. The van der Waals surface area contributed by atoms with E-state index in [9.17, 15) is 24.1 Å². The Kier molecular flexibility index (Phi) is 5.02. The van der Waals surface area contributed by atoms with Gasteiger partial charge in [-0.3, -0.25) is 19.7 Å². The van der Waals surface area contributed by atoms with Crippen LogP contribution in [0.1, 0.15) is 6.42 Å². The Morgan fingerprint density at radius 3 is 2.81 bits per heavy atom. The van der Waals surface area contributed by atoms with E-state index in [1.54, 1.807) is 24.3 Å². The smallest absolute Gasteiger partial charge is 0.306 e. The number of methoxy groups -OCH3 is 1. The predicted octanol–water partition coefficient (Wildman–Crippen LogP) is 2.73. The first-order valence-corrected chi connectivity index (χ1v) is 8.08. The largest absolute Gasteiger partial charge is 0.497 e. The highest BCUT2D eigenvalue weighted by Crippen LogP contribution is 2.29. The molecule has 1 fully saturated rings. The monoisotopic (exact) mass is 373 g/mol. The maximum Gasteiger partial charge on any atom is 0.306 e. The Bertz CT molecular complexity index is 918. The summed E-state index contributed by atoms with van der Waals surface area (Å²) >= 11 is 0. The first-order chi connectivity index (χ1) is 12.9. The van der Waals surface area contributed by atoms with Gasteiger partial charge in [0.25, 0.3) is 0 Å². The minimum Gasteiger partial charge on any atom is -0.497 e. The Balaban J connectivity index is 1.72. The first kappa shape index (κ1) is 18.3. The van der Waals surface area contributed by atoms with E-state index in [2.05, 4.69) is 5.32 Å². The molecule has 2 aromatic carbocycles. The summed E-state index contributed by atoms with van der Waals surface area (Å²) in [7, 11) is 1.52. The van der Waals surface area contributed by atoms with Gasteiger partial charge in [-0.25, -0.2) is 0 Å². The van der Waals surface area contributed by atoms with Gasteiger partial charge in [-0.15, -0.1) is 0 Å². The molecule has 0 unspecified atom stereocenters. The van der Waals surface area contributed by atoms with Crippen LogP contribution in [0, 0.1) is 21.8 Å². The molecular formula is C18H16FN3O5. The number of hydrogen-bond acceptors (Lipinski definition) is 5. The highest BCUT2D eigenvalue weighted by Gasteiger charge is 2.35. The van der Waals surface area contributed by atoms with Crippen molar-refractivity contribution in [1.29, 1.82) is 0 Å². The highest BCUT2D eigenvalue weighted by atomic mass is 19.1. The van der Waals surface area contributed by atoms with Gasteiger partial charge < -0.3 is 15.0 Å². The van der Waals surface area contributed by atoms with E-state index in [1.807, 2.05) is 0 Å². The van der Waals surface area contributed by atoms with E-state index in [-0.39, 0.29) is 24.6 Å². The molecule has 3 rings (SSSR count). The van der Waals surface area contributed by atoms with Crippen molar-refractivity contribution in [2.45, 2.75) is 6.42 Å². The molecule has 0 radical (unpaired) electrons. The number of hydrogen-bond donors (Lipinski definition) is 1. The molecule has 0 aliphatic carbocycles. The Labute approximate surface area is 153 Å². The predicted molar refractivity (Wildman–Crippen MR) is 95.1 cm³/mol. The molecule has 9 heteroatoms. The number of carbonyl (C=O) groups excluding carboxylic acids is 2. The molecule has 1 atom stereocenters. The lowest BCUT2D eigenvalue weighted by Gasteiger charge is -2.17. The van der Waals surface area contributed by atoms with Crippen LogP contribution in [0.4, 0.5) is 21.5 Å². The summed E-state index contributed by atoms with van der Waals surface area (Å²) in [5, 5.41) is 13.3. The van der Waals surface area contributed by atoms with Gasteiger partial charge in [-0.2, -0.15) is 4.39 Å². The number of benzene rings is 2. The van der Waals surface area contributed by atoms with Crippen LogP contribution >= 0.6 is 0 Å². The molecule has 1 heterocycles. The number of nitrogens with one attached hydrogen (secondary N) is 1. The van der Waals surface area contributed by atoms with Crippen molar-refractivity contribution in [3.05, 3.63) is 58.4 Å². The lowest BCUT2D eigenvalue weighted by molar-refractivity contribution is -0.387. The van der Waals surface area contributed by atoms with Gasteiger partial charge in [0, 0.05) is 36.5 Å². The quantitative estimate of drug-likeness (QED) is 0.641. The fourth-order valence-electron chi connectivity index (χ4n) is 2.89. The molecule has 0 bridgehead atoms. The fraction of sp³-hybridized carbons (Fsp3) is 0.222. The second-order valence-electron chi connectivity index (χ2n) is 6.02. The summed E-state index contributed by atoms with van der Waals surface area (Å²) in [6.45, 7) is 0.168. The van der Waals surface area contributed by atoms with Crippen molar-refractivity contribution in [1.82, 2.24) is 0 Å². The lowest BCUT2D eigenvalue weighted by Crippen LogP contribution is -2.28. The van der Waals surface area contributed by atoms with Crippen LogP contribution in [0.5, 0.6) is 5.75 Å². The molecule has 2 amide bonds. The van der Waals surface area contributed by atoms with Gasteiger partial charge in [0.2, 0.25) is 17.6 Å². The van der Waals surface area contributed by atoms with Gasteiger partial charge in [0.15, 0.2) is 0 Å². The zero-order valence-electron chi connectivity index (χ0n) is 14.3. The van der Waals surface area contributed by atoms with Crippen LogP contribution in [0.25, 0.3) is 0 Å².